The summed E-state index contributed by atoms with van der Waals surface area (Å²) in [7, 11) is -3.46. The van der Waals surface area contributed by atoms with Crippen molar-refractivity contribution in [1.29, 1.82) is 0 Å². The molecule has 0 N–H and O–H groups in total. The molecule has 0 fully saturated rings. The van der Waals surface area contributed by atoms with Gasteiger partial charge in [-0.15, -0.1) is 0 Å². The van der Waals surface area contributed by atoms with Gasteiger partial charge in [0.25, 0.3) is 0 Å². The summed E-state index contributed by atoms with van der Waals surface area (Å²) in [5.74, 6) is -1.14. The quantitative estimate of drug-likeness (QED) is 0.800. The number of sulfone groups is 1. The van der Waals surface area contributed by atoms with E-state index in [1.54, 1.807) is 0 Å². The molecule has 7 heteroatoms. The maximum Gasteiger partial charge on any atom is 0.340 e. The number of hydrogen-bond acceptors (Lipinski definition) is 4. The van der Waals surface area contributed by atoms with E-state index < -0.39 is 15.8 Å². The third-order valence-electron chi connectivity index (χ3n) is 2.87. The fourth-order valence-electron chi connectivity index (χ4n) is 1.70. The van der Waals surface area contributed by atoms with Crippen molar-refractivity contribution < 1.29 is 22.3 Å². The monoisotopic (exact) mass is 342 g/mol. The van der Waals surface area contributed by atoms with E-state index >= 15 is 0 Å². The second-order valence-electron chi connectivity index (χ2n) is 4.62. The van der Waals surface area contributed by atoms with Gasteiger partial charge in [-0.25, -0.2) is 17.6 Å². The van der Waals surface area contributed by atoms with Crippen molar-refractivity contribution in [2.24, 2.45) is 0 Å². The fourth-order valence-corrected chi connectivity index (χ4v) is 2.54. The average molecular weight is 343 g/mol. The summed E-state index contributed by atoms with van der Waals surface area (Å²) in [6.45, 7) is -0.0709. The van der Waals surface area contributed by atoms with Crippen LogP contribution in [-0.2, 0) is 21.2 Å². The Kier molecular flexibility index (Phi) is 4.83. The van der Waals surface area contributed by atoms with Crippen molar-refractivity contribution in [2.75, 3.05) is 6.26 Å². The minimum Gasteiger partial charge on any atom is -0.457 e. The lowest BCUT2D eigenvalue weighted by molar-refractivity contribution is 0.0472. The molecule has 0 unspecified atom stereocenters. The van der Waals surface area contributed by atoms with E-state index in [1.165, 1.54) is 42.5 Å². The highest BCUT2D eigenvalue weighted by Gasteiger charge is 2.16. The molecule has 0 aliphatic carbocycles. The predicted molar refractivity (Wildman–Crippen MR) is 80.1 cm³/mol. The minimum absolute atomic E-state index is 0.0226. The lowest BCUT2D eigenvalue weighted by Gasteiger charge is -2.08. The van der Waals surface area contributed by atoms with Gasteiger partial charge in [-0.1, -0.05) is 23.7 Å². The molecule has 116 valence electrons. The van der Waals surface area contributed by atoms with Gasteiger partial charge in [0.15, 0.2) is 9.84 Å². The van der Waals surface area contributed by atoms with Crippen molar-refractivity contribution in [3.63, 3.8) is 0 Å². The van der Waals surface area contributed by atoms with Gasteiger partial charge in [0, 0.05) is 6.26 Å². The average Bonchev–Trinajstić information content (AvgIpc) is 2.45. The summed E-state index contributed by atoms with van der Waals surface area (Å²) in [6.07, 6.45) is 1.03. The second-order valence-corrected chi connectivity index (χ2v) is 7.04. The van der Waals surface area contributed by atoms with E-state index in [-0.39, 0.29) is 27.9 Å². The summed E-state index contributed by atoms with van der Waals surface area (Å²) in [5.41, 5.74) is 0.567. The van der Waals surface area contributed by atoms with Crippen LogP contribution in [0.1, 0.15) is 15.9 Å². The normalized spacial score (nSPS) is 11.2. The smallest absolute Gasteiger partial charge is 0.340 e. The van der Waals surface area contributed by atoms with Gasteiger partial charge in [0.05, 0.1) is 15.5 Å². The minimum atomic E-state index is -3.46. The molecule has 2 aromatic carbocycles. The van der Waals surface area contributed by atoms with Crippen LogP contribution in [-0.4, -0.2) is 20.6 Å². The van der Waals surface area contributed by atoms with E-state index in [2.05, 4.69) is 0 Å². The van der Waals surface area contributed by atoms with Crippen molar-refractivity contribution in [3.8, 4) is 0 Å². The standard InChI is InChI=1S/C15H12ClFO4S/c1-22(19,20)12-6-7-14(16)13(8-12)15(18)21-9-10-2-4-11(17)5-3-10/h2-8H,9H2,1H3. The second kappa shape index (κ2) is 6.46. The molecule has 0 aliphatic heterocycles. The van der Waals surface area contributed by atoms with Crippen LogP contribution in [0.5, 0.6) is 0 Å². The molecule has 0 spiro atoms. The number of hydrogen-bond donors (Lipinski definition) is 0. The van der Waals surface area contributed by atoms with Gasteiger partial charge >= 0.3 is 5.97 Å². The number of benzene rings is 2. The number of carbonyl (C=O) groups excluding carboxylic acids is 1. The van der Waals surface area contributed by atoms with Crippen LogP contribution in [0.15, 0.2) is 47.4 Å². The largest absolute Gasteiger partial charge is 0.457 e. The molecule has 2 aromatic rings. The highest BCUT2D eigenvalue weighted by atomic mass is 35.5. The number of ether oxygens (including phenoxy) is 1. The van der Waals surface area contributed by atoms with Crippen molar-refractivity contribution in [3.05, 3.63) is 64.4 Å². The Morgan fingerprint density at radius 3 is 2.41 bits per heavy atom. The van der Waals surface area contributed by atoms with Gasteiger partial charge in [-0.3, -0.25) is 0 Å². The Morgan fingerprint density at radius 1 is 1.18 bits per heavy atom. The third-order valence-corrected chi connectivity index (χ3v) is 4.31. The lowest BCUT2D eigenvalue weighted by atomic mass is 10.2. The van der Waals surface area contributed by atoms with E-state index in [0.29, 0.717) is 5.56 Å². The van der Waals surface area contributed by atoms with Crippen molar-refractivity contribution >= 4 is 27.4 Å². The van der Waals surface area contributed by atoms with E-state index in [1.807, 2.05) is 0 Å². The van der Waals surface area contributed by atoms with Crippen LogP contribution >= 0.6 is 11.6 Å². The topological polar surface area (TPSA) is 60.4 Å². The third kappa shape index (κ3) is 4.05. The lowest BCUT2D eigenvalue weighted by Crippen LogP contribution is -2.08. The fraction of sp³-hybridized carbons (Fsp3) is 0.133. The number of halogens is 2. The Morgan fingerprint density at radius 2 is 1.82 bits per heavy atom. The van der Waals surface area contributed by atoms with Gasteiger partial charge in [-0.2, -0.15) is 0 Å². The molecule has 22 heavy (non-hydrogen) atoms. The first-order valence-corrected chi connectivity index (χ1v) is 8.45. The number of rotatable bonds is 4. The first kappa shape index (κ1) is 16.5. The van der Waals surface area contributed by atoms with Crippen LogP contribution in [0.25, 0.3) is 0 Å². The molecular weight excluding hydrogens is 331 g/mol. The molecule has 0 saturated heterocycles. The van der Waals surface area contributed by atoms with Crippen LogP contribution in [0.3, 0.4) is 0 Å². The van der Waals surface area contributed by atoms with Gasteiger partial charge < -0.3 is 4.74 Å². The molecule has 0 aromatic heterocycles. The zero-order valence-corrected chi connectivity index (χ0v) is 13.1. The van der Waals surface area contributed by atoms with Crippen LogP contribution in [0, 0.1) is 5.82 Å². The Labute approximate surface area is 132 Å². The van der Waals surface area contributed by atoms with Crippen LogP contribution in [0.2, 0.25) is 5.02 Å². The van der Waals surface area contributed by atoms with Gasteiger partial charge in [0.2, 0.25) is 0 Å². The van der Waals surface area contributed by atoms with E-state index in [0.717, 1.165) is 6.26 Å². The Bertz CT molecular complexity index is 801. The first-order chi connectivity index (χ1) is 10.3. The Balaban J connectivity index is 2.17. The first-order valence-electron chi connectivity index (χ1n) is 6.18. The molecule has 0 saturated carbocycles. The van der Waals surface area contributed by atoms with Crippen molar-refractivity contribution in [1.82, 2.24) is 0 Å². The Hall–Kier alpha value is -1.92. The molecule has 0 atom stereocenters. The summed E-state index contributed by atoms with van der Waals surface area (Å²) in [5, 5.41) is 0.0940. The summed E-state index contributed by atoms with van der Waals surface area (Å²) >= 11 is 5.90. The molecule has 0 radical (unpaired) electrons. The maximum absolute atomic E-state index is 12.8. The SMILES string of the molecule is CS(=O)(=O)c1ccc(Cl)c(C(=O)OCc2ccc(F)cc2)c1. The predicted octanol–water partition coefficient (Wildman–Crippen LogP) is 3.24. The number of carbonyl (C=O) groups is 1. The molecule has 0 bridgehead atoms. The van der Waals surface area contributed by atoms with Gasteiger partial charge in [0.1, 0.15) is 12.4 Å². The number of esters is 1. The molecule has 0 amide bonds. The zero-order valence-electron chi connectivity index (χ0n) is 11.5. The molecule has 4 nitrogen and oxygen atoms in total. The summed E-state index contributed by atoms with van der Waals surface area (Å²) in [6, 6.07) is 9.28. The zero-order chi connectivity index (χ0) is 16.3. The maximum atomic E-state index is 12.8. The molecule has 0 heterocycles. The highest BCUT2D eigenvalue weighted by molar-refractivity contribution is 7.90. The van der Waals surface area contributed by atoms with Crippen LogP contribution in [0.4, 0.5) is 4.39 Å². The molecule has 2 rings (SSSR count). The highest BCUT2D eigenvalue weighted by Crippen LogP contribution is 2.21. The van der Waals surface area contributed by atoms with E-state index in [4.69, 9.17) is 16.3 Å². The van der Waals surface area contributed by atoms with Gasteiger partial charge in [-0.05, 0) is 35.9 Å². The van der Waals surface area contributed by atoms with Crippen molar-refractivity contribution in [2.45, 2.75) is 11.5 Å². The summed E-state index contributed by atoms with van der Waals surface area (Å²) < 4.78 is 40.8. The van der Waals surface area contributed by atoms with E-state index in [9.17, 15) is 17.6 Å². The van der Waals surface area contributed by atoms with Crippen LogP contribution < -0.4 is 0 Å². The molecular formula is C15H12ClFO4S. The summed E-state index contributed by atoms with van der Waals surface area (Å²) in [4.78, 5) is 12.0. The molecule has 0 aliphatic rings.